The van der Waals surface area contributed by atoms with Gasteiger partial charge in [0.2, 0.25) is 5.91 Å². The van der Waals surface area contributed by atoms with Crippen LogP contribution in [0.4, 0.5) is 0 Å². The number of ketones is 1. The van der Waals surface area contributed by atoms with Crippen LogP contribution in [0.2, 0.25) is 5.02 Å². The molecule has 2 saturated carbocycles. The van der Waals surface area contributed by atoms with Gasteiger partial charge in [0.15, 0.2) is 0 Å². The largest absolute Gasteiger partial charge is 0.349 e. The molecule has 22 heavy (non-hydrogen) atoms. The summed E-state index contributed by atoms with van der Waals surface area (Å²) in [7, 11) is 0. The summed E-state index contributed by atoms with van der Waals surface area (Å²) in [5.41, 5.74) is 1.01. The summed E-state index contributed by atoms with van der Waals surface area (Å²) in [4.78, 5) is 24.7. The Kier molecular flexibility index (Phi) is 4.53. The van der Waals surface area contributed by atoms with Crippen molar-refractivity contribution in [2.45, 2.75) is 45.1 Å². The normalized spacial score (nSPS) is 29.0. The summed E-state index contributed by atoms with van der Waals surface area (Å²) in [6, 6.07) is 7.50. The summed E-state index contributed by atoms with van der Waals surface area (Å²) < 4.78 is 0. The van der Waals surface area contributed by atoms with E-state index in [4.69, 9.17) is 11.6 Å². The van der Waals surface area contributed by atoms with Gasteiger partial charge in [0.1, 0.15) is 5.78 Å². The fraction of sp³-hybridized carbons (Fsp3) is 0.556. The van der Waals surface area contributed by atoms with Gasteiger partial charge in [-0.25, -0.2) is 0 Å². The number of amides is 1. The van der Waals surface area contributed by atoms with Crippen LogP contribution >= 0.6 is 11.6 Å². The van der Waals surface area contributed by atoms with Crippen LogP contribution in [0.5, 0.6) is 0 Å². The number of hydrogen-bond donors (Lipinski definition) is 1. The molecule has 0 radical (unpaired) electrons. The average Bonchev–Trinajstić information content (AvgIpc) is 2.46. The summed E-state index contributed by atoms with van der Waals surface area (Å²) in [5.74, 6) is 0.694. The first-order valence-electron chi connectivity index (χ1n) is 8.14. The Labute approximate surface area is 136 Å². The molecular weight excluding hydrogens is 298 g/mol. The van der Waals surface area contributed by atoms with Crippen molar-refractivity contribution < 1.29 is 9.59 Å². The molecule has 1 N–H and O–H groups in total. The molecule has 0 spiro atoms. The van der Waals surface area contributed by atoms with Crippen LogP contribution in [0.25, 0.3) is 0 Å². The number of rotatable bonds is 3. The minimum atomic E-state index is -0.0660. The van der Waals surface area contributed by atoms with Gasteiger partial charge in [-0.05, 0) is 50.3 Å². The fourth-order valence-corrected chi connectivity index (χ4v) is 4.08. The third-order valence-corrected chi connectivity index (χ3v) is 5.36. The van der Waals surface area contributed by atoms with E-state index in [0.717, 1.165) is 37.7 Å². The van der Waals surface area contributed by atoms with E-state index in [1.807, 2.05) is 31.2 Å². The standard InChI is InChI=1S/C18H22ClNO2/c1-11(12-4-3-7-16(19)10-12)20-18(22)15-8-13-5-2-6-14(9-15)17(13)21/h3-4,7,10-11,13-15H,2,5-6,8-9H2,1H3,(H,20,22). The molecule has 0 aliphatic heterocycles. The van der Waals surface area contributed by atoms with Gasteiger partial charge in [-0.2, -0.15) is 0 Å². The van der Waals surface area contributed by atoms with Gasteiger partial charge in [0, 0.05) is 22.8 Å². The fourth-order valence-electron chi connectivity index (χ4n) is 3.88. The molecule has 1 aromatic rings. The Bertz CT molecular complexity index is 570. The molecule has 1 aromatic carbocycles. The van der Waals surface area contributed by atoms with E-state index in [0.29, 0.717) is 10.8 Å². The number of halogens is 1. The first-order chi connectivity index (χ1) is 10.5. The molecular formula is C18H22ClNO2. The van der Waals surface area contributed by atoms with Crippen molar-refractivity contribution in [2.75, 3.05) is 0 Å². The monoisotopic (exact) mass is 319 g/mol. The highest BCUT2D eigenvalue weighted by molar-refractivity contribution is 6.30. The van der Waals surface area contributed by atoms with Crippen LogP contribution in [0.3, 0.4) is 0 Å². The maximum Gasteiger partial charge on any atom is 0.223 e. The van der Waals surface area contributed by atoms with E-state index in [2.05, 4.69) is 5.32 Å². The van der Waals surface area contributed by atoms with Gasteiger partial charge >= 0.3 is 0 Å². The SMILES string of the molecule is CC(NC(=O)C1CC2CCCC(C1)C2=O)c1cccc(Cl)c1. The van der Waals surface area contributed by atoms with Crippen LogP contribution < -0.4 is 5.32 Å². The first kappa shape index (κ1) is 15.5. The molecule has 4 heteroatoms. The van der Waals surface area contributed by atoms with E-state index in [1.54, 1.807) is 0 Å². The minimum absolute atomic E-state index is 0.0189. The molecule has 118 valence electrons. The number of hydrogen-bond acceptors (Lipinski definition) is 2. The average molecular weight is 320 g/mol. The minimum Gasteiger partial charge on any atom is -0.349 e. The molecule has 3 unspecified atom stereocenters. The lowest BCUT2D eigenvalue weighted by Gasteiger charge is -2.37. The highest BCUT2D eigenvalue weighted by atomic mass is 35.5. The van der Waals surface area contributed by atoms with E-state index < -0.39 is 0 Å². The Morgan fingerprint density at radius 2 is 1.95 bits per heavy atom. The van der Waals surface area contributed by atoms with Gasteiger partial charge < -0.3 is 5.32 Å². The summed E-state index contributed by atoms with van der Waals surface area (Å²) in [5, 5.41) is 3.77. The van der Waals surface area contributed by atoms with Crippen molar-refractivity contribution in [3.8, 4) is 0 Å². The lowest BCUT2D eigenvalue weighted by atomic mass is 9.67. The van der Waals surface area contributed by atoms with Gasteiger partial charge in [0.25, 0.3) is 0 Å². The first-order valence-corrected chi connectivity index (χ1v) is 8.52. The third-order valence-electron chi connectivity index (χ3n) is 5.13. The zero-order valence-corrected chi connectivity index (χ0v) is 13.6. The molecule has 3 atom stereocenters. The molecule has 2 aliphatic carbocycles. The summed E-state index contributed by atoms with van der Waals surface area (Å²) in [6.07, 6.45) is 4.51. The van der Waals surface area contributed by atoms with E-state index in [9.17, 15) is 9.59 Å². The molecule has 3 rings (SSSR count). The topological polar surface area (TPSA) is 46.2 Å². The molecule has 0 heterocycles. The van der Waals surface area contributed by atoms with Gasteiger partial charge in [-0.3, -0.25) is 9.59 Å². The Morgan fingerprint density at radius 3 is 2.59 bits per heavy atom. The second-order valence-electron chi connectivity index (χ2n) is 6.68. The number of fused-ring (bicyclic) bond motifs is 2. The van der Waals surface area contributed by atoms with E-state index >= 15 is 0 Å². The van der Waals surface area contributed by atoms with Crippen LogP contribution in [0.15, 0.2) is 24.3 Å². The molecule has 2 aliphatic rings. The quantitative estimate of drug-likeness (QED) is 0.918. The van der Waals surface area contributed by atoms with Crippen LogP contribution in [-0.2, 0) is 9.59 Å². The van der Waals surface area contributed by atoms with Gasteiger partial charge in [-0.1, -0.05) is 30.2 Å². The summed E-state index contributed by atoms with van der Waals surface area (Å²) >= 11 is 6.00. The van der Waals surface area contributed by atoms with Gasteiger partial charge in [0.05, 0.1) is 6.04 Å². The van der Waals surface area contributed by atoms with Crippen molar-refractivity contribution in [2.24, 2.45) is 17.8 Å². The van der Waals surface area contributed by atoms with E-state index in [1.165, 1.54) is 0 Å². The zero-order chi connectivity index (χ0) is 15.7. The predicted molar refractivity (Wildman–Crippen MR) is 86.6 cm³/mol. The number of benzene rings is 1. The Balaban J connectivity index is 1.63. The maximum atomic E-state index is 12.5. The van der Waals surface area contributed by atoms with E-state index in [-0.39, 0.29) is 29.7 Å². The van der Waals surface area contributed by atoms with Crippen molar-refractivity contribution in [3.05, 3.63) is 34.9 Å². The van der Waals surface area contributed by atoms with Crippen molar-refractivity contribution in [1.29, 1.82) is 0 Å². The molecule has 2 fully saturated rings. The Hall–Kier alpha value is -1.35. The highest BCUT2D eigenvalue weighted by Crippen LogP contribution is 2.40. The number of carbonyl (C=O) groups excluding carboxylic acids is 2. The predicted octanol–water partition coefficient (Wildman–Crippen LogP) is 3.91. The van der Waals surface area contributed by atoms with Gasteiger partial charge in [-0.15, -0.1) is 0 Å². The molecule has 0 saturated heterocycles. The van der Waals surface area contributed by atoms with Crippen LogP contribution in [0, 0.1) is 17.8 Å². The molecule has 1 amide bonds. The maximum absolute atomic E-state index is 12.5. The smallest absolute Gasteiger partial charge is 0.223 e. The van der Waals surface area contributed by atoms with Crippen LogP contribution in [0.1, 0.15) is 50.6 Å². The number of nitrogens with one attached hydrogen (secondary N) is 1. The lowest BCUT2D eigenvalue weighted by Crippen LogP contribution is -2.43. The second-order valence-corrected chi connectivity index (χ2v) is 7.12. The molecule has 0 aromatic heterocycles. The lowest BCUT2D eigenvalue weighted by molar-refractivity contribution is -0.137. The third kappa shape index (κ3) is 3.19. The second kappa shape index (κ2) is 6.41. The zero-order valence-electron chi connectivity index (χ0n) is 12.8. The van der Waals surface area contributed by atoms with Crippen LogP contribution in [-0.4, -0.2) is 11.7 Å². The number of carbonyl (C=O) groups is 2. The van der Waals surface area contributed by atoms with Crippen molar-refractivity contribution in [3.63, 3.8) is 0 Å². The molecule has 3 nitrogen and oxygen atoms in total. The summed E-state index contributed by atoms with van der Waals surface area (Å²) in [6.45, 7) is 1.97. The Morgan fingerprint density at radius 1 is 1.27 bits per heavy atom. The molecule has 2 bridgehead atoms. The van der Waals surface area contributed by atoms with Crippen molar-refractivity contribution >= 4 is 23.3 Å². The van der Waals surface area contributed by atoms with Crippen molar-refractivity contribution in [1.82, 2.24) is 5.32 Å². The highest BCUT2D eigenvalue weighted by Gasteiger charge is 2.41. The number of Topliss-reactive ketones (excluding diaryl/α,β-unsaturated/α-hetero) is 1.